The summed E-state index contributed by atoms with van der Waals surface area (Å²) in [5.41, 5.74) is 0.658. The van der Waals surface area contributed by atoms with Crippen LogP contribution in [0.1, 0.15) is 5.56 Å². The Morgan fingerprint density at radius 1 is 1.24 bits per heavy atom. The molecule has 0 aliphatic carbocycles. The Morgan fingerprint density at radius 3 is 2.60 bits per heavy atom. The van der Waals surface area contributed by atoms with Gasteiger partial charge in [-0.05, 0) is 50.0 Å². The molecule has 0 saturated heterocycles. The van der Waals surface area contributed by atoms with E-state index in [1.54, 1.807) is 6.07 Å². The minimum atomic E-state index is -0.641. The van der Waals surface area contributed by atoms with Gasteiger partial charge in [0.25, 0.3) is 5.69 Å². The molecular formula is C17H19FN2O4S. The van der Waals surface area contributed by atoms with Crippen LogP contribution in [0.25, 0.3) is 0 Å². The third-order valence-corrected chi connectivity index (χ3v) is 4.40. The second kappa shape index (κ2) is 8.80. The molecule has 0 aromatic heterocycles. The number of nitro benzene ring substituents is 1. The Balaban J connectivity index is 2.36. The lowest BCUT2D eigenvalue weighted by Crippen LogP contribution is -2.12. The molecule has 0 aliphatic rings. The number of ether oxygens (including phenoxy) is 1. The van der Waals surface area contributed by atoms with Crippen molar-refractivity contribution in [3.63, 3.8) is 0 Å². The van der Waals surface area contributed by atoms with Crippen LogP contribution in [0, 0.1) is 15.9 Å². The zero-order valence-corrected chi connectivity index (χ0v) is 14.8. The maximum atomic E-state index is 13.3. The van der Waals surface area contributed by atoms with Crippen molar-refractivity contribution < 1.29 is 19.2 Å². The predicted octanol–water partition coefficient (Wildman–Crippen LogP) is 3.32. The van der Waals surface area contributed by atoms with Gasteiger partial charge in [0.05, 0.1) is 22.5 Å². The summed E-state index contributed by atoms with van der Waals surface area (Å²) in [5, 5.41) is 20.0. The summed E-state index contributed by atoms with van der Waals surface area (Å²) in [5.74, 6) is -0.0267. The largest absolute Gasteiger partial charge is 0.491 e. The molecule has 0 heterocycles. The van der Waals surface area contributed by atoms with Gasteiger partial charge >= 0.3 is 0 Å². The molecule has 0 amide bonds. The van der Waals surface area contributed by atoms with Crippen molar-refractivity contribution in [3.05, 3.63) is 57.9 Å². The quantitative estimate of drug-likeness (QED) is 0.571. The van der Waals surface area contributed by atoms with E-state index in [1.807, 2.05) is 31.1 Å². The number of hydrogen-bond donors (Lipinski definition) is 1. The van der Waals surface area contributed by atoms with E-state index in [-0.39, 0.29) is 18.9 Å². The highest BCUT2D eigenvalue weighted by molar-refractivity contribution is 7.99. The van der Waals surface area contributed by atoms with Crippen molar-refractivity contribution in [1.29, 1.82) is 0 Å². The molecule has 0 bridgehead atoms. The molecule has 0 saturated carbocycles. The van der Waals surface area contributed by atoms with Crippen LogP contribution in [-0.4, -0.2) is 42.2 Å². The fourth-order valence-electron chi connectivity index (χ4n) is 2.21. The van der Waals surface area contributed by atoms with Crippen molar-refractivity contribution in [2.45, 2.75) is 16.3 Å². The summed E-state index contributed by atoms with van der Waals surface area (Å²) in [6, 6.07) is 8.93. The molecule has 0 aliphatic heterocycles. The summed E-state index contributed by atoms with van der Waals surface area (Å²) in [6.45, 7) is 0.715. The monoisotopic (exact) mass is 366 g/mol. The molecule has 0 radical (unpaired) electrons. The van der Waals surface area contributed by atoms with E-state index in [0.29, 0.717) is 17.2 Å². The van der Waals surface area contributed by atoms with Crippen LogP contribution in [0.2, 0.25) is 0 Å². The lowest BCUT2D eigenvalue weighted by molar-refractivity contribution is -0.387. The van der Waals surface area contributed by atoms with Crippen LogP contribution in [0.5, 0.6) is 5.75 Å². The number of nitro groups is 1. The van der Waals surface area contributed by atoms with E-state index in [1.165, 1.54) is 23.9 Å². The van der Waals surface area contributed by atoms with E-state index in [9.17, 15) is 14.5 Å². The van der Waals surface area contributed by atoms with Gasteiger partial charge in [-0.2, -0.15) is 0 Å². The topological polar surface area (TPSA) is 75.8 Å². The molecule has 25 heavy (non-hydrogen) atoms. The van der Waals surface area contributed by atoms with E-state index in [0.717, 1.165) is 16.5 Å². The number of nitrogens with zero attached hydrogens (tertiary/aromatic N) is 2. The summed E-state index contributed by atoms with van der Waals surface area (Å²) in [4.78, 5) is 13.7. The maximum Gasteiger partial charge on any atom is 0.286 e. The van der Waals surface area contributed by atoms with Gasteiger partial charge in [-0.1, -0.05) is 11.8 Å². The van der Waals surface area contributed by atoms with Crippen LogP contribution in [0.4, 0.5) is 10.1 Å². The average Bonchev–Trinajstić information content (AvgIpc) is 2.55. The van der Waals surface area contributed by atoms with Crippen LogP contribution >= 0.6 is 11.8 Å². The Hall–Kier alpha value is -2.16. The fourth-order valence-corrected chi connectivity index (χ4v) is 3.21. The van der Waals surface area contributed by atoms with Gasteiger partial charge in [-0.25, -0.2) is 4.39 Å². The molecular weight excluding hydrogens is 347 g/mol. The molecule has 0 spiro atoms. The molecule has 8 heteroatoms. The molecule has 0 atom stereocenters. The first-order valence-electron chi connectivity index (χ1n) is 7.54. The molecule has 6 nitrogen and oxygen atoms in total. The summed E-state index contributed by atoms with van der Waals surface area (Å²) >= 11 is 1.21. The maximum absolute atomic E-state index is 13.3. The van der Waals surface area contributed by atoms with Crippen LogP contribution in [0.15, 0.2) is 46.2 Å². The number of aliphatic hydroxyl groups excluding tert-OH is 1. The van der Waals surface area contributed by atoms with Crippen LogP contribution < -0.4 is 4.74 Å². The predicted molar refractivity (Wildman–Crippen MR) is 93.6 cm³/mol. The summed E-state index contributed by atoms with van der Waals surface area (Å²) in [7, 11) is 3.83. The lowest BCUT2D eigenvalue weighted by atomic mass is 10.2. The van der Waals surface area contributed by atoms with Crippen molar-refractivity contribution in [3.8, 4) is 5.75 Å². The van der Waals surface area contributed by atoms with Crippen molar-refractivity contribution in [2.75, 3.05) is 27.3 Å². The third-order valence-electron chi connectivity index (χ3n) is 3.22. The van der Waals surface area contributed by atoms with E-state index in [4.69, 9.17) is 9.84 Å². The number of aliphatic hydroxyl groups is 1. The minimum Gasteiger partial charge on any atom is -0.491 e. The standard InChI is InChI=1S/C17H19FN2O4S/c1-19(2)11-12-9-14(24-8-7-21)4-6-16(12)25-17-5-3-13(18)10-15(17)20(22)23/h3-6,9-10,21H,7-8,11H2,1-2H3. The van der Waals surface area contributed by atoms with Crippen molar-refractivity contribution in [2.24, 2.45) is 0 Å². The molecule has 134 valence electrons. The Bertz CT molecular complexity index is 755. The third kappa shape index (κ3) is 5.42. The normalized spacial score (nSPS) is 10.9. The van der Waals surface area contributed by atoms with E-state index in [2.05, 4.69) is 0 Å². The first kappa shape index (κ1) is 19.2. The zero-order valence-electron chi connectivity index (χ0n) is 13.9. The van der Waals surface area contributed by atoms with Gasteiger partial charge in [-0.15, -0.1) is 0 Å². The highest BCUT2D eigenvalue weighted by Crippen LogP contribution is 2.38. The number of halogens is 1. The molecule has 2 aromatic rings. The highest BCUT2D eigenvalue weighted by Gasteiger charge is 2.18. The Morgan fingerprint density at radius 2 is 1.96 bits per heavy atom. The van der Waals surface area contributed by atoms with Gasteiger partial charge < -0.3 is 14.7 Å². The molecule has 2 rings (SSSR count). The average molecular weight is 366 g/mol. The SMILES string of the molecule is CN(C)Cc1cc(OCCO)ccc1Sc1ccc(F)cc1[N+](=O)[O-]. The highest BCUT2D eigenvalue weighted by atomic mass is 32.2. The van der Waals surface area contributed by atoms with Crippen molar-refractivity contribution in [1.82, 2.24) is 4.90 Å². The van der Waals surface area contributed by atoms with E-state index < -0.39 is 10.7 Å². The van der Waals surface area contributed by atoms with Gasteiger partial charge in [-0.3, -0.25) is 10.1 Å². The van der Waals surface area contributed by atoms with Crippen LogP contribution in [-0.2, 0) is 6.54 Å². The van der Waals surface area contributed by atoms with Crippen molar-refractivity contribution >= 4 is 17.4 Å². The minimum absolute atomic E-state index is 0.0821. The molecule has 1 N–H and O–H groups in total. The molecule has 0 unspecified atom stereocenters. The lowest BCUT2D eigenvalue weighted by Gasteiger charge is -2.16. The van der Waals surface area contributed by atoms with Gasteiger partial charge in [0.15, 0.2) is 0 Å². The Kier molecular flexibility index (Phi) is 6.74. The summed E-state index contributed by atoms with van der Waals surface area (Å²) in [6.07, 6.45) is 0. The van der Waals surface area contributed by atoms with E-state index >= 15 is 0 Å². The number of hydrogen-bond acceptors (Lipinski definition) is 6. The van der Waals surface area contributed by atoms with Gasteiger partial charge in [0.2, 0.25) is 0 Å². The number of rotatable bonds is 8. The van der Waals surface area contributed by atoms with Gasteiger partial charge in [0.1, 0.15) is 18.2 Å². The van der Waals surface area contributed by atoms with Gasteiger partial charge in [0, 0.05) is 11.4 Å². The summed E-state index contributed by atoms with van der Waals surface area (Å²) < 4.78 is 18.7. The number of benzene rings is 2. The Labute approximate surface area is 149 Å². The second-order valence-corrected chi connectivity index (χ2v) is 6.63. The molecule has 0 fully saturated rings. The second-order valence-electron chi connectivity index (χ2n) is 5.55. The van der Waals surface area contributed by atoms with Crippen LogP contribution in [0.3, 0.4) is 0 Å². The fraction of sp³-hybridized carbons (Fsp3) is 0.294. The first-order chi connectivity index (χ1) is 11.9. The molecule has 2 aromatic carbocycles. The smallest absolute Gasteiger partial charge is 0.286 e. The zero-order chi connectivity index (χ0) is 18.4. The first-order valence-corrected chi connectivity index (χ1v) is 8.35.